The fourth-order valence-electron chi connectivity index (χ4n) is 2.56. The maximum Gasteiger partial charge on any atom is 0.410 e. The Labute approximate surface area is 158 Å². The molecule has 0 aromatic carbocycles. The minimum Gasteiger partial charge on any atom is -0.444 e. The van der Waals surface area contributed by atoms with Crippen molar-refractivity contribution in [2.24, 2.45) is 3.21 Å². The van der Waals surface area contributed by atoms with Crippen molar-refractivity contribution in [1.82, 2.24) is 15.5 Å². The molecule has 0 aromatic rings. The number of rotatable bonds is 4. The van der Waals surface area contributed by atoms with Crippen LogP contribution in [0.2, 0.25) is 0 Å². The Bertz CT molecular complexity index is 585. The monoisotopic (exact) mass is 466 g/mol. The van der Waals surface area contributed by atoms with Crippen molar-refractivity contribution in [1.29, 1.82) is 0 Å². The van der Waals surface area contributed by atoms with Gasteiger partial charge in [0.2, 0.25) is 5.84 Å². The van der Waals surface area contributed by atoms with Crippen molar-refractivity contribution in [3.63, 3.8) is 0 Å². The first-order valence-electron chi connectivity index (χ1n) is 8.40. The molecule has 2 atom stereocenters. The number of nitrogens with one attached hydrogen (secondary N) is 2. The van der Waals surface area contributed by atoms with Crippen LogP contribution in [0.1, 0.15) is 40.5 Å². The molecule has 142 valence electrons. The Morgan fingerprint density at radius 1 is 1.44 bits per heavy atom. The number of carbonyl (C=O) groups excluding carboxylic acids is 2. The second kappa shape index (κ2) is 8.43. The number of carbonyl (C=O) groups is 2. The van der Waals surface area contributed by atoms with Gasteiger partial charge in [0.05, 0.1) is 22.3 Å². The number of amidine groups is 1. The normalized spacial score (nSPS) is 23.8. The van der Waals surface area contributed by atoms with Crippen molar-refractivity contribution in [2.45, 2.75) is 58.3 Å². The van der Waals surface area contributed by atoms with E-state index in [1.54, 1.807) is 12.0 Å². The molecule has 2 aliphatic heterocycles. The second-order valence-electron chi connectivity index (χ2n) is 6.97. The molecule has 1 saturated heterocycles. The quantitative estimate of drug-likeness (QED) is 0.614. The lowest BCUT2D eigenvalue weighted by Crippen LogP contribution is -2.58. The van der Waals surface area contributed by atoms with E-state index in [2.05, 4.69) is 13.8 Å². The number of hydrogen-bond donors (Lipinski definition) is 2. The van der Waals surface area contributed by atoms with Gasteiger partial charge in [-0.15, -0.1) is 0 Å². The van der Waals surface area contributed by atoms with Gasteiger partial charge in [0.25, 0.3) is 5.91 Å². The van der Waals surface area contributed by atoms with E-state index in [-0.39, 0.29) is 24.1 Å². The van der Waals surface area contributed by atoms with E-state index in [4.69, 9.17) is 9.47 Å². The molecular formula is C16H27IN4O4. The van der Waals surface area contributed by atoms with Crippen molar-refractivity contribution in [3.05, 3.63) is 0 Å². The molecule has 1 fully saturated rings. The predicted octanol–water partition coefficient (Wildman–Crippen LogP) is 1.55. The third kappa shape index (κ3) is 5.63. The van der Waals surface area contributed by atoms with Crippen LogP contribution in [0, 0.1) is 0 Å². The summed E-state index contributed by atoms with van der Waals surface area (Å²) in [6.45, 7) is 8.46. The summed E-state index contributed by atoms with van der Waals surface area (Å²) in [6.07, 6.45) is 0.864. The highest BCUT2D eigenvalue weighted by Gasteiger charge is 2.35. The maximum absolute atomic E-state index is 12.4. The number of ether oxygens (including phenoxy) is 2. The van der Waals surface area contributed by atoms with Gasteiger partial charge < -0.3 is 25.0 Å². The fourth-order valence-corrected chi connectivity index (χ4v) is 4.15. The van der Waals surface area contributed by atoms with E-state index in [0.29, 0.717) is 25.3 Å². The number of methoxy groups -OCH3 is 1. The Balaban J connectivity index is 1.90. The molecule has 2 aliphatic rings. The van der Waals surface area contributed by atoms with E-state index >= 15 is 0 Å². The summed E-state index contributed by atoms with van der Waals surface area (Å²) in [7, 11) is 1.59. The molecule has 0 radical (unpaired) electrons. The maximum atomic E-state index is 12.4. The van der Waals surface area contributed by atoms with Crippen LogP contribution in [0.15, 0.2) is 3.21 Å². The van der Waals surface area contributed by atoms with Gasteiger partial charge in [0.1, 0.15) is 5.60 Å². The smallest absolute Gasteiger partial charge is 0.410 e. The van der Waals surface area contributed by atoms with Gasteiger partial charge >= 0.3 is 6.09 Å². The molecule has 2 rings (SSSR count). The minimum atomic E-state index is -0.534. The molecule has 0 aromatic heterocycles. The number of halogens is 1. The molecule has 9 heteroatoms. The first-order chi connectivity index (χ1) is 11.7. The minimum absolute atomic E-state index is 0.162. The molecule has 2 unspecified atom stereocenters. The van der Waals surface area contributed by atoms with Crippen LogP contribution in [0.4, 0.5) is 4.79 Å². The Morgan fingerprint density at radius 2 is 2.16 bits per heavy atom. The molecule has 0 saturated carbocycles. The van der Waals surface area contributed by atoms with E-state index in [1.807, 2.05) is 27.7 Å². The summed E-state index contributed by atoms with van der Waals surface area (Å²) in [6, 6.07) is -0.162. The lowest BCUT2D eigenvalue weighted by Gasteiger charge is -2.38. The summed E-state index contributed by atoms with van der Waals surface area (Å²) in [5.74, 6) is 0.190. The van der Waals surface area contributed by atoms with Crippen LogP contribution < -0.4 is 10.6 Å². The van der Waals surface area contributed by atoms with E-state index in [0.717, 1.165) is 10.1 Å². The number of hydrogen-bond acceptors (Lipinski definition) is 6. The zero-order valence-electron chi connectivity index (χ0n) is 15.4. The predicted molar refractivity (Wildman–Crippen MR) is 105 cm³/mol. The zero-order chi connectivity index (χ0) is 18.6. The van der Waals surface area contributed by atoms with Gasteiger partial charge in [0.15, 0.2) is 0 Å². The number of likely N-dealkylation sites (tertiary alicyclic amines) is 1. The topological polar surface area (TPSA) is 92.3 Å². The summed E-state index contributed by atoms with van der Waals surface area (Å²) >= 11 is -0.435. The van der Waals surface area contributed by atoms with E-state index in [9.17, 15) is 9.59 Å². The van der Waals surface area contributed by atoms with Crippen LogP contribution in [0.5, 0.6) is 0 Å². The third-order valence-corrected chi connectivity index (χ3v) is 6.18. The van der Waals surface area contributed by atoms with Crippen molar-refractivity contribution in [3.8, 4) is 0 Å². The number of amides is 2. The van der Waals surface area contributed by atoms with Gasteiger partial charge in [-0.3, -0.25) is 4.79 Å². The van der Waals surface area contributed by atoms with Gasteiger partial charge in [0, 0.05) is 34.7 Å². The molecule has 2 amide bonds. The van der Waals surface area contributed by atoms with Gasteiger partial charge in [-0.2, -0.15) is 3.21 Å². The Kier molecular flexibility index (Phi) is 6.78. The molecule has 0 aliphatic carbocycles. The lowest BCUT2D eigenvalue weighted by molar-refractivity contribution is -0.117. The van der Waals surface area contributed by atoms with E-state index in [1.165, 1.54) is 0 Å². The number of piperidine rings is 1. The SMILES string of the molecule is CCC1=IN=C(C(=O)NC2CCN(C(=O)OC(C)(C)C)CC2OC)N1. The molecule has 0 spiro atoms. The van der Waals surface area contributed by atoms with Crippen LogP contribution in [-0.4, -0.2) is 64.3 Å². The Hall–Kier alpha value is -1.23. The summed E-state index contributed by atoms with van der Waals surface area (Å²) in [4.78, 5) is 26.2. The molecular weight excluding hydrogens is 439 g/mol. The van der Waals surface area contributed by atoms with Crippen molar-refractivity contribution < 1.29 is 19.1 Å². The first kappa shape index (κ1) is 20.1. The summed E-state index contributed by atoms with van der Waals surface area (Å²) in [5.41, 5.74) is -0.534. The zero-order valence-corrected chi connectivity index (χ0v) is 17.5. The molecule has 0 bridgehead atoms. The molecule has 2 N–H and O–H groups in total. The molecule has 2 heterocycles. The van der Waals surface area contributed by atoms with Crippen molar-refractivity contribution in [2.75, 3.05) is 20.2 Å². The van der Waals surface area contributed by atoms with E-state index < -0.39 is 26.6 Å². The molecule has 8 nitrogen and oxygen atoms in total. The standard InChI is InChI=1S/C16H27IN4O4/c1-6-12-17-20-13(19-12)14(22)18-10-7-8-21(9-11(10)24-5)15(23)25-16(2,3)4/h10-11H,6-9H2,1-5H3,(H,18,22)(H,19,20). The Morgan fingerprint density at radius 3 is 2.72 bits per heavy atom. The van der Waals surface area contributed by atoms with Crippen LogP contribution in [0.25, 0.3) is 0 Å². The van der Waals surface area contributed by atoms with Gasteiger partial charge in [-0.05, 0) is 33.6 Å². The largest absolute Gasteiger partial charge is 0.444 e. The van der Waals surface area contributed by atoms with Gasteiger partial charge in [-0.1, -0.05) is 6.92 Å². The molecule has 25 heavy (non-hydrogen) atoms. The average molecular weight is 466 g/mol. The van der Waals surface area contributed by atoms with Crippen LogP contribution in [-0.2, 0) is 14.3 Å². The average Bonchev–Trinajstić information content (AvgIpc) is 3.02. The van der Waals surface area contributed by atoms with Crippen LogP contribution in [0.3, 0.4) is 0 Å². The lowest BCUT2D eigenvalue weighted by atomic mass is 10.0. The summed E-state index contributed by atoms with van der Waals surface area (Å²) in [5, 5.41) is 6.08. The number of nitrogens with zero attached hydrogens (tertiary/aromatic N) is 2. The van der Waals surface area contributed by atoms with Gasteiger partial charge in [-0.25, -0.2) is 4.79 Å². The highest BCUT2D eigenvalue weighted by molar-refractivity contribution is 14.2. The summed E-state index contributed by atoms with van der Waals surface area (Å²) < 4.78 is 16.4. The first-order valence-corrected chi connectivity index (χ1v) is 10.4. The third-order valence-electron chi connectivity index (χ3n) is 3.84. The second-order valence-corrected chi connectivity index (χ2v) is 9.24. The van der Waals surface area contributed by atoms with Crippen LogP contribution >= 0.6 is 21.0 Å². The highest BCUT2D eigenvalue weighted by atomic mass is 127. The highest BCUT2D eigenvalue weighted by Crippen LogP contribution is 2.18. The fraction of sp³-hybridized carbons (Fsp3) is 0.750. The van der Waals surface area contributed by atoms with Crippen molar-refractivity contribution >= 4 is 42.5 Å².